The van der Waals surface area contributed by atoms with Crippen molar-refractivity contribution in [2.45, 2.75) is 0 Å². The maximum absolute atomic E-state index is 8.45. The quantitative estimate of drug-likeness (QED) is 0.644. The molecule has 3 aromatic carbocycles. The van der Waals surface area contributed by atoms with E-state index < -0.39 is 0 Å². The Kier molecular flexibility index (Phi) is 5.50. The van der Waals surface area contributed by atoms with Crippen LogP contribution in [-0.2, 0) is 0 Å². The number of hydrogen-bond acceptors (Lipinski definition) is 2. The molecule has 0 amide bonds. The van der Waals surface area contributed by atoms with Crippen molar-refractivity contribution in [3.05, 3.63) is 96.1 Å². The van der Waals surface area contributed by atoms with Gasteiger partial charge in [-0.25, -0.2) is 0 Å². The Morgan fingerprint density at radius 3 is 1.09 bits per heavy atom. The van der Waals surface area contributed by atoms with Crippen molar-refractivity contribution >= 4 is 0 Å². The molecule has 22 heavy (non-hydrogen) atoms. The van der Waals surface area contributed by atoms with E-state index in [0.717, 1.165) is 0 Å². The molecule has 0 spiro atoms. The first-order chi connectivity index (χ1) is 10.8. The van der Waals surface area contributed by atoms with Crippen LogP contribution in [0.1, 0.15) is 11.1 Å². The fraction of sp³-hybridized carbons (Fsp3) is 0. The fourth-order valence-corrected chi connectivity index (χ4v) is 1.94. The minimum absolute atomic E-state index is 0.435. The molecule has 0 aliphatic carbocycles. The molecular formula is C20H14N2. The highest BCUT2D eigenvalue weighted by Crippen LogP contribution is 2.17. The maximum Gasteiger partial charge on any atom is 0.101 e. The lowest BCUT2D eigenvalue weighted by atomic mass is 10.1. The van der Waals surface area contributed by atoms with Crippen LogP contribution in [0.5, 0.6) is 0 Å². The van der Waals surface area contributed by atoms with Crippen molar-refractivity contribution in [1.29, 1.82) is 10.5 Å². The van der Waals surface area contributed by atoms with Gasteiger partial charge in [0.2, 0.25) is 0 Å². The van der Waals surface area contributed by atoms with Crippen molar-refractivity contribution in [1.82, 2.24) is 0 Å². The molecule has 0 radical (unpaired) electrons. The third-order valence-electron chi connectivity index (χ3n) is 3.05. The maximum atomic E-state index is 8.45. The van der Waals surface area contributed by atoms with Crippen molar-refractivity contribution in [2.24, 2.45) is 0 Å². The summed E-state index contributed by atoms with van der Waals surface area (Å²) in [6, 6.07) is 31.3. The molecule has 0 aliphatic heterocycles. The molecule has 2 nitrogen and oxygen atoms in total. The van der Waals surface area contributed by atoms with Crippen molar-refractivity contribution in [3.8, 4) is 23.3 Å². The number of hydrogen-bond donors (Lipinski definition) is 0. The molecule has 3 rings (SSSR count). The number of rotatable bonds is 1. The van der Waals surface area contributed by atoms with E-state index in [0.29, 0.717) is 11.1 Å². The molecule has 0 atom stereocenters. The molecule has 0 unspecified atom stereocenters. The molecule has 0 heterocycles. The largest absolute Gasteiger partial charge is 0.192 e. The average Bonchev–Trinajstić information content (AvgIpc) is 2.63. The first-order valence-electron chi connectivity index (χ1n) is 6.85. The van der Waals surface area contributed by atoms with Gasteiger partial charge in [-0.3, -0.25) is 0 Å². The van der Waals surface area contributed by atoms with Gasteiger partial charge in [0.1, 0.15) is 12.1 Å². The van der Waals surface area contributed by atoms with E-state index >= 15 is 0 Å². The van der Waals surface area contributed by atoms with E-state index in [1.165, 1.54) is 11.1 Å². The predicted octanol–water partition coefficient (Wildman–Crippen LogP) is 4.78. The summed E-state index contributed by atoms with van der Waals surface area (Å²) in [5.74, 6) is 0. The Morgan fingerprint density at radius 2 is 0.773 bits per heavy atom. The molecular weight excluding hydrogens is 268 g/mol. The summed E-state index contributed by atoms with van der Waals surface area (Å²) in [4.78, 5) is 0. The molecule has 0 aromatic heterocycles. The first-order valence-corrected chi connectivity index (χ1v) is 6.85. The van der Waals surface area contributed by atoms with Gasteiger partial charge in [-0.05, 0) is 23.3 Å². The van der Waals surface area contributed by atoms with Gasteiger partial charge < -0.3 is 0 Å². The molecule has 104 valence electrons. The van der Waals surface area contributed by atoms with Crippen LogP contribution in [-0.4, -0.2) is 0 Å². The third kappa shape index (κ3) is 4.07. The SMILES string of the molecule is N#Cc1ccccc1C#N.c1ccc(-c2ccccc2)cc1. The molecule has 0 saturated carbocycles. The zero-order valence-corrected chi connectivity index (χ0v) is 12.0. The number of nitriles is 2. The Bertz CT molecular complexity index is 724. The van der Waals surface area contributed by atoms with Gasteiger partial charge in [0, 0.05) is 0 Å². The average molecular weight is 282 g/mol. The Hall–Kier alpha value is -3.36. The van der Waals surface area contributed by atoms with Gasteiger partial charge in [0.05, 0.1) is 11.1 Å². The lowest BCUT2D eigenvalue weighted by Gasteiger charge is -1.98. The second kappa shape index (κ2) is 8.04. The van der Waals surface area contributed by atoms with Crippen LogP contribution in [0.2, 0.25) is 0 Å². The summed E-state index contributed by atoms with van der Waals surface area (Å²) < 4.78 is 0. The van der Waals surface area contributed by atoms with Crippen LogP contribution in [0.15, 0.2) is 84.9 Å². The van der Waals surface area contributed by atoms with E-state index in [4.69, 9.17) is 10.5 Å². The van der Waals surface area contributed by atoms with E-state index in [1.54, 1.807) is 24.3 Å². The molecule has 0 aliphatic rings. The normalized spacial score (nSPS) is 8.82. The van der Waals surface area contributed by atoms with Gasteiger partial charge in [-0.2, -0.15) is 10.5 Å². The molecule has 3 aromatic rings. The van der Waals surface area contributed by atoms with Crippen molar-refractivity contribution in [2.75, 3.05) is 0 Å². The van der Waals surface area contributed by atoms with Crippen LogP contribution < -0.4 is 0 Å². The summed E-state index contributed by atoms with van der Waals surface area (Å²) in [6.45, 7) is 0. The lowest BCUT2D eigenvalue weighted by Crippen LogP contribution is -1.79. The topological polar surface area (TPSA) is 47.6 Å². The Morgan fingerprint density at radius 1 is 0.455 bits per heavy atom. The molecule has 0 fully saturated rings. The van der Waals surface area contributed by atoms with Gasteiger partial charge >= 0.3 is 0 Å². The third-order valence-corrected chi connectivity index (χ3v) is 3.05. The van der Waals surface area contributed by atoms with E-state index in [9.17, 15) is 0 Å². The molecule has 2 heteroatoms. The highest BCUT2D eigenvalue weighted by atomic mass is 14.3. The monoisotopic (exact) mass is 282 g/mol. The minimum atomic E-state index is 0.435. The molecule has 0 N–H and O–H groups in total. The van der Waals surface area contributed by atoms with Gasteiger partial charge in [-0.15, -0.1) is 0 Å². The first kappa shape index (κ1) is 15.0. The van der Waals surface area contributed by atoms with Crippen LogP contribution in [0, 0.1) is 22.7 Å². The van der Waals surface area contributed by atoms with E-state index in [-0.39, 0.29) is 0 Å². The van der Waals surface area contributed by atoms with Crippen LogP contribution in [0.4, 0.5) is 0 Å². The number of nitrogens with zero attached hydrogens (tertiary/aromatic N) is 2. The number of benzene rings is 3. The zero-order valence-electron chi connectivity index (χ0n) is 12.0. The van der Waals surface area contributed by atoms with Gasteiger partial charge in [0.15, 0.2) is 0 Å². The summed E-state index contributed by atoms with van der Waals surface area (Å²) in [6.07, 6.45) is 0. The zero-order chi connectivity index (χ0) is 15.6. The Labute approximate surface area is 130 Å². The summed E-state index contributed by atoms with van der Waals surface area (Å²) >= 11 is 0. The second-order valence-corrected chi connectivity index (χ2v) is 4.50. The van der Waals surface area contributed by atoms with Crippen molar-refractivity contribution in [3.63, 3.8) is 0 Å². The Balaban J connectivity index is 0.000000164. The molecule has 0 saturated heterocycles. The smallest absolute Gasteiger partial charge is 0.101 e. The van der Waals surface area contributed by atoms with Crippen LogP contribution in [0.3, 0.4) is 0 Å². The van der Waals surface area contributed by atoms with Crippen LogP contribution >= 0.6 is 0 Å². The molecule has 0 bridgehead atoms. The van der Waals surface area contributed by atoms with Gasteiger partial charge in [-0.1, -0.05) is 72.8 Å². The summed E-state index contributed by atoms with van der Waals surface area (Å²) in [7, 11) is 0. The van der Waals surface area contributed by atoms with E-state index in [1.807, 2.05) is 24.3 Å². The predicted molar refractivity (Wildman–Crippen MR) is 87.8 cm³/mol. The minimum Gasteiger partial charge on any atom is -0.192 e. The fourth-order valence-electron chi connectivity index (χ4n) is 1.94. The van der Waals surface area contributed by atoms with Crippen molar-refractivity contribution < 1.29 is 0 Å². The van der Waals surface area contributed by atoms with E-state index in [2.05, 4.69) is 48.5 Å². The lowest BCUT2D eigenvalue weighted by molar-refractivity contribution is 1.43. The second-order valence-electron chi connectivity index (χ2n) is 4.50. The van der Waals surface area contributed by atoms with Gasteiger partial charge in [0.25, 0.3) is 0 Å². The van der Waals surface area contributed by atoms with Crippen LogP contribution in [0.25, 0.3) is 11.1 Å². The standard InChI is InChI=1S/C12H10.C8H4N2/c1-3-7-11(8-4-1)12-9-5-2-6-10-12;9-5-7-3-1-2-4-8(7)6-10/h1-10H;1-4H. The summed E-state index contributed by atoms with van der Waals surface area (Å²) in [5, 5.41) is 16.9. The highest BCUT2D eigenvalue weighted by molar-refractivity contribution is 5.62. The highest BCUT2D eigenvalue weighted by Gasteiger charge is 1.95. The summed E-state index contributed by atoms with van der Waals surface area (Å²) in [5.41, 5.74) is 3.42.